The molecule has 0 saturated heterocycles. The van der Waals surface area contributed by atoms with Crippen LogP contribution in [0.15, 0.2) is 46.9 Å². The van der Waals surface area contributed by atoms with Crippen molar-refractivity contribution in [2.75, 3.05) is 25.3 Å². The Morgan fingerprint density at radius 3 is 2.59 bits per heavy atom. The number of anilines is 1. The Labute approximate surface area is 166 Å². The molecule has 0 spiro atoms. The summed E-state index contributed by atoms with van der Waals surface area (Å²) >= 11 is 0. The Kier molecular flexibility index (Phi) is 5.46. The first-order chi connectivity index (χ1) is 14.2. The van der Waals surface area contributed by atoms with Gasteiger partial charge in [-0.3, -0.25) is 10.1 Å². The van der Waals surface area contributed by atoms with Crippen molar-refractivity contribution < 1.29 is 28.2 Å². The standard InChI is InChI=1S/C20H19N3O6/c1-2-25-14-4-6-15(7-5-14)26-11-18(24)21-20-23-22-19(29-20)10-13-3-8-16-17(9-13)28-12-27-16/h3-9H,2,10-12H2,1H3,(H,21,23,24). The third kappa shape index (κ3) is 4.75. The SMILES string of the molecule is CCOc1ccc(OCC(=O)Nc2nnc(Cc3ccc4c(c3)OCO4)o2)cc1. The molecule has 1 aromatic heterocycles. The number of hydrogen-bond acceptors (Lipinski definition) is 8. The van der Waals surface area contributed by atoms with Crippen LogP contribution in [-0.4, -0.2) is 36.1 Å². The summed E-state index contributed by atoms with van der Waals surface area (Å²) in [5.74, 6) is 2.65. The van der Waals surface area contributed by atoms with E-state index in [1.54, 1.807) is 24.3 Å². The highest BCUT2D eigenvalue weighted by Crippen LogP contribution is 2.33. The largest absolute Gasteiger partial charge is 0.494 e. The van der Waals surface area contributed by atoms with Crippen LogP contribution >= 0.6 is 0 Å². The van der Waals surface area contributed by atoms with Gasteiger partial charge in [0.2, 0.25) is 12.7 Å². The monoisotopic (exact) mass is 397 g/mol. The molecule has 1 N–H and O–H groups in total. The van der Waals surface area contributed by atoms with Gasteiger partial charge in [-0.1, -0.05) is 11.2 Å². The lowest BCUT2D eigenvalue weighted by Crippen LogP contribution is -2.20. The highest BCUT2D eigenvalue weighted by atomic mass is 16.7. The number of hydrogen-bond donors (Lipinski definition) is 1. The molecule has 9 heteroatoms. The molecule has 0 radical (unpaired) electrons. The van der Waals surface area contributed by atoms with E-state index >= 15 is 0 Å². The molecule has 9 nitrogen and oxygen atoms in total. The number of aromatic nitrogens is 2. The van der Waals surface area contributed by atoms with Crippen LogP contribution in [0.25, 0.3) is 0 Å². The van der Waals surface area contributed by atoms with E-state index in [9.17, 15) is 4.79 Å². The van der Waals surface area contributed by atoms with Gasteiger partial charge in [-0.15, -0.1) is 5.10 Å². The summed E-state index contributed by atoms with van der Waals surface area (Å²) in [6, 6.07) is 12.6. The minimum absolute atomic E-state index is 0.0148. The molecule has 0 bridgehead atoms. The van der Waals surface area contributed by atoms with Gasteiger partial charge in [0.15, 0.2) is 18.1 Å². The van der Waals surface area contributed by atoms with E-state index < -0.39 is 5.91 Å². The van der Waals surface area contributed by atoms with Crippen LogP contribution < -0.4 is 24.3 Å². The number of amides is 1. The van der Waals surface area contributed by atoms with Gasteiger partial charge >= 0.3 is 6.01 Å². The lowest BCUT2D eigenvalue weighted by molar-refractivity contribution is -0.118. The number of benzene rings is 2. The van der Waals surface area contributed by atoms with Crippen molar-refractivity contribution >= 4 is 11.9 Å². The van der Waals surface area contributed by atoms with Crippen LogP contribution in [0.2, 0.25) is 0 Å². The Morgan fingerprint density at radius 1 is 1.03 bits per heavy atom. The van der Waals surface area contributed by atoms with E-state index in [2.05, 4.69) is 15.5 Å². The molecule has 4 rings (SSSR count). The molecular weight excluding hydrogens is 378 g/mol. The fourth-order valence-electron chi connectivity index (χ4n) is 2.70. The van der Waals surface area contributed by atoms with E-state index in [4.69, 9.17) is 23.4 Å². The maximum Gasteiger partial charge on any atom is 0.322 e. The first-order valence-corrected chi connectivity index (χ1v) is 9.06. The zero-order valence-corrected chi connectivity index (χ0v) is 15.7. The maximum atomic E-state index is 12.0. The predicted molar refractivity (Wildman–Crippen MR) is 101 cm³/mol. The molecule has 0 atom stereocenters. The summed E-state index contributed by atoms with van der Waals surface area (Å²) in [6.07, 6.45) is 0.405. The number of carbonyl (C=O) groups excluding carboxylic acids is 1. The Hall–Kier alpha value is -3.75. The molecular formula is C20H19N3O6. The second kappa shape index (κ2) is 8.51. The topological polar surface area (TPSA) is 105 Å². The number of nitrogens with one attached hydrogen (secondary N) is 1. The first-order valence-electron chi connectivity index (χ1n) is 9.06. The van der Waals surface area contributed by atoms with E-state index in [0.29, 0.717) is 36.2 Å². The predicted octanol–water partition coefficient (Wildman–Crippen LogP) is 2.81. The summed E-state index contributed by atoms with van der Waals surface area (Å²) in [4.78, 5) is 12.0. The molecule has 3 aromatic rings. The van der Waals surface area contributed by atoms with Gasteiger partial charge in [-0.2, -0.15) is 0 Å². The second-order valence-electron chi connectivity index (χ2n) is 6.11. The molecule has 2 heterocycles. The third-order valence-electron chi connectivity index (χ3n) is 4.01. The molecule has 1 aliphatic heterocycles. The molecule has 1 aliphatic rings. The van der Waals surface area contributed by atoms with Crippen LogP contribution in [-0.2, 0) is 11.2 Å². The van der Waals surface area contributed by atoms with E-state index in [1.165, 1.54) is 0 Å². The summed E-state index contributed by atoms with van der Waals surface area (Å²) in [5.41, 5.74) is 0.926. The second-order valence-corrected chi connectivity index (χ2v) is 6.11. The van der Waals surface area contributed by atoms with Gasteiger partial charge in [-0.25, -0.2) is 0 Å². The lowest BCUT2D eigenvalue weighted by Gasteiger charge is -2.07. The molecule has 150 valence electrons. The Balaban J connectivity index is 1.27. The number of fused-ring (bicyclic) bond motifs is 1. The Bertz CT molecular complexity index is 986. The molecule has 0 fully saturated rings. The molecule has 0 aliphatic carbocycles. The smallest absolute Gasteiger partial charge is 0.322 e. The van der Waals surface area contributed by atoms with E-state index in [0.717, 1.165) is 11.3 Å². The highest BCUT2D eigenvalue weighted by molar-refractivity contribution is 5.89. The average Bonchev–Trinajstić information content (AvgIpc) is 3.37. The Morgan fingerprint density at radius 2 is 1.79 bits per heavy atom. The van der Waals surface area contributed by atoms with Gasteiger partial charge in [0.25, 0.3) is 5.91 Å². The quantitative estimate of drug-likeness (QED) is 0.619. The zero-order valence-electron chi connectivity index (χ0n) is 15.7. The van der Waals surface area contributed by atoms with Crippen molar-refractivity contribution in [3.8, 4) is 23.0 Å². The molecule has 29 heavy (non-hydrogen) atoms. The van der Waals surface area contributed by atoms with Crippen LogP contribution in [0.5, 0.6) is 23.0 Å². The molecule has 1 amide bonds. The number of carbonyl (C=O) groups is 1. The summed E-state index contributed by atoms with van der Waals surface area (Å²) < 4.78 is 26.9. The maximum absolute atomic E-state index is 12.0. The number of nitrogens with zero attached hydrogens (tertiary/aromatic N) is 2. The van der Waals surface area contributed by atoms with Crippen molar-refractivity contribution in [3.63, 3.8) is 0 Å². The number of ether oxygens (including phenoxy) is 4. The van der Waals surface area contributed by atoms with Gasteiger partial charge in [-0.05, 0) is 48.9 Å². The van der Waals surface area contributed by atoms with Crippen molar-refractivity contribution in [1.29, 1.82) is 0 Å². The zero-order chi connectivity index (χ0) is 20.1. The minimum atomic E-state index is -0.405. The van der Waals surface area contributed by atoms with Crippen LogP contribution in [0, 0.1) is 0 Å². The van der Waals surface area contributed by atoms with E-state index in [1.807, 2.05) is 25.1 Å². The highest BCUT2D eigenvalue weighted by Gasteiger charge is 2.15. The molecule has 0 saturated carbocycles. The normalized spacial score (nSPS) is 11.9. The average molecular weight is 397 g/mol. The van der Waals surface area contributed by atoms with Crippen LogP contribution in [0.4, 0.5) is 6.01 Å². The third-order valence-corrected chi connectivity index (χ3v) is 4.01. The fourth-order valence-corrected chi connectivity index (χ4v) is 2.70. The van der Waals surface area contributed by atoms with Gasteiger partial charge in [0, 0.05) is 0 Å². The van der Waals surface area contributed by atoms with Gasteiger partial charge < -0.3 is 23.4 Å². The minimum Gasteiger partial charge on any atom is -0.494 e. The first kappa shape index (κ1) is 18.6. The summed E-state index contributed by atoms with van der Waals surface area (Å²) in [6.45, 7) is 2.53. The fraction of sp³-hybridized carbons (Fsp3) is 0.250. The van der Waals surface area contributed by atoms with Crippen LogP contribution in [0.1, 0.15) is 18.4 Å². The molecule has 0 unspecified atom stereocenters. The summed E-state index contributed by atoms with van der Waals surface area (Å²) in [5, 5.41) is 10.3. The van der Waals surface area contributed by atoms with Gasteiger partial charge in [0.05, 0.1) is 13.0 Å². The van der Waals surface area contributed by atoms with Crippen molar-refractivity contribution in [2.24, 2.45) is 0 Å². The van der Waals surface area contributed by atoms with E-state index in [-0.39, 0.29) is 19.4 Å². The van der Waals surface area contributed by atoms with Crippen molar-refractivity contribution in [1.82, 2.24) is 10.2 Å². The lowest BCUT2D eigenvalue weighted by atomic mass is 10.1. The van der Waals surface area contributed by atoms with Crippen LogP contribution in [0.3, 0.4) is 0 Å². The van der Waals surface area contributed by atoms with Crippen molar-refractivity contribution in [2.45, 2.75) is 13.3 Å². The molecule has 2 aromatic carbocycles. The van der Waals surface area contributed by atoms with Crippen molar-refractivity contribution in [3.05, 3.63) is 53.9 Å². The van der Waals surface area contributed by atoms with Gasteiger partial charge in [0.1, 0.15) is 11.5 Å². The summed E-state index contributed by atoms with van der Waals surface area (Å²) in [7, 11) is 0. The number of rotatable bonds is 8.